The number of rotatable bonds is 3. The van der Waals surface area contributed by atoms with Crippen molar-refractivity contribution in [2.45, 2.75) is 0 Å². The number of nitrogens with zero attached hydrogens (tertiary/aromatic N) is 6. The molecule has 0 aliphatic carbocycles. The van der Waals surface area contributed by atoms with Crippen LogP contribution in [0.15, 0.2) is 61.3 Å². The van der Waals surface area contributed by atoms with Crippen molar-refractivity contribution in [2.75, 3.05) is 18.1 Å². The lowest BCUT2D eigenvalue weighted by molar-refractivity contribution is 0.181. The van der Waals surface area contributed by atoms with E-state index in [-0.39, 0.29) is 6.09 Å². The number of aromatic nitrogens is 5. The Morgan fingerprint density at radius 1 is 1.04 bits per heavy atom. The lowest BCUT2D eigenvalue weighted by atomic mass is 10.2. The Hall–Kier alpha value is -3.68. The third-order valence-corrected chi connectivity index (χ3v) is 4.34. The van der Waals surface area contributed by atoms with Crippen molar-refractivity contribution >= 4 is 17.4 Å². The van der Waals surface area contributed by atoms with Gasteiger partial charge in [0, 0.05) is 36.2 Å². The first kappa shape index (κ1) is 14.6. The average Bonchev–Trinajstić information content (AvgIpc) is 3.40. The van der Waals surface area contributed by atoms with Crippen molar-refractivity contribution < 1.29 is 9.53 Å². The van der Waals surface area contributed by atoms with Crippen LogP contribution in [-0.4, -0.2) is 43.4 Å². The van der Waals surface area contributed by atoms with Crippen LogP contribution in [0, 0.1) is 0 Å². The maximum Gasteiger partial charge on any atom is 0.414 e. The van der Waals surface area contributed by atoms with Crippen LogP contribution in [0.1, 0.15) is 0 Å². The normalized spacial score (nSPS) is 14.2. The second-order valence-electron chi connectivity index (χ2n) is 5.85. The molecule has 8 heteroatoms. The summed E-state index contributed by atoms with van der Waals surface area (Å²) < 4.78 is 8.70. The first-order valence-corrected chi connectivity index (χ1v) is 8.18. The van der Waals surface area contributed by atoms with Crippen molar-refractivity contribution in [1.82, 2.24) is 24.1 Å². The number of carbonyl (C=O) groups excluding carboxylic acids is 1. The summed E-state index contributed by atoms with van der Waals surface area (Å²) in [7, 11) is 0. The molecule has 4 heterocycles. The van der Waals surface area contributed by atoms with Crippen molar-refractivity contribution in [2.24, 2.45) is 0 Å². The zero-order chi connectivity index (χ0) is 17.5. The topological polar surface area (TPSA) is 77.5 Å². The standard InChI is InChI=1S/C18H14N6O2/c25-18-23(9-10-26-18)14-4-1-3-13(11-14)22-8-6-20-16(22)15-12-21-24-7-2-5-19-17(15)24/h1-8,11-12H,9-10H2. The molecule has 26 heavy (non-hydrogen) atoms. The molecule has 0 atom stereocenters. The van der Waals surface area contributed by atoms with Gasteiger partial charge in [-0.2, -0.15) is 5.10 Å². The van der Waals surface area contributed by atoms with E-state index in [2.05, 4.69) is 15.1 Å². The fraction of sp³-hybridized carbons (Fsp3) is 0.111. The largest absolute Gasteiger partial charge is 0.447 e. The summed E-state index contributed by atoms with van der Waals surface area (Å²) in [6.07, 6.45) is 8.62. The predicted octanol–water partition coefficient (Wildman–Crippen LogP) is 2.54. The lowest BCUT2D eigenvalue weighted by Gasteiger charge is -2.15. The minimum absolute atomic E-state index is 0.320. The first-order chi connectivity index (χ1) is 12.8. The summed E-state index contributed by atoms with van der Waals surface area (Å²) in [5, 5.41) is 4.33. The maximum absolute atomic E-state index is 11.8. The van der Waals surface area contributed by atoms with Crippen LogP contribution < -0.4 is 4.90 Å². The van der Waals surface area contributed by atoms with Crippen LogP contribution in [0.2, 0.25) is 0 Å². The van der Waals surface area contributed by atoms with Crippen LogP contribution in [0.3, 0.4) is 0 Å². The smallest absolute Gasteiger partial charge is 0.414 e. The zero-order valence-electron chi connectivity index (χ0n) is 13.7. The Morgan fingerprint density at radius 3 is 2.85 bits per heavy atom. The molecule has 3 aromatic heterocycles. The minimum atomic E-state index is -0.320. The molecule has 0 spiro atoms. The zero-order valence-corrected chi connectivity index (χ0v) is 13.7. The van der Waals surface area contributed by atoms with Gasteiger partial charge >= 0.3 is 6.09 Å². The molecule has 4 aromatic rings. The highest BCUT2D eigenvalue weighted by atomic mass is 16.6. The third kappa shape index (κ3) is 2.23. The van der Waals surface area contributed by atoms with Crippen LogP contribution in [-0.2, 0) is 4.74 Å². The first-order valence-electron chi connectivity index (χ1n) is 8.18. The predicted molar refractivity (Wildman–Crippen MR) is 94.2 cm³/mol. The number of hydrogen-bond acceptors (Lipinski definition) is 5. The average molecular weight is 346 g/mol. The van der Waals surface area contributed by atoms with Gasteiger partial charge in [-0.1, -0.05) is 6.07 Å². The molecule has 1 aromatic carbocycles. The van der Waals surface area contributed by atoms with Gasteiger partial charge < -0.3 is 4.74 Å². The van der Waals surface area contributed by atoms with Gasteiger partial charge in [0.15, 0.2) is 5.65 Å². The van der Waals surface area contributed by atoms with Gasteiger partial charge in [-0.25, -0.2) is 19.3 Å². The number of carbonyl (C=O) groups is 1. The molecular weight excluding hydrogens is 332 g/mol. The van der Waals surface area contributed by atoms with Gasteiger partial charge in [0.1, 0.15) is 12.4 Å². The Balaban J connectivity index is 1.61. The molecule has 1 saturated heterocycles. The van der Waals surface area contributed by atoms with Crippen molar-refractivity contribution in [1.29, 1.82) is 0 Å². The Labute approximate surface area is 148 Å². The second kappa shape index (κ2) is 5.69. The lowest BCUT2D eigenvalue weighted by Crippen LogP contribution is -2.23. The quantitative estimate of drug-likeness (QED) is 0.570. The molecule has 8 nitrogen and oxygen atoms in total. The SMILES string of the molecule is O=C1OCCN1c1cccc(-n2ccnc2-c2cnn3cccnc23)c1. The van der Waals surface area contributed by atoms with Crippen LogP contribution >= 0.6 is 0 Å². The highest BCUT2D eigenvalue weighted by molar-refractivity contribution is 5.89. The Kier molecular flexibility index (Phi) is 3.21. The number of fused-ring (bicyclic) bond motifs is 1. The van der Waals surface area contributed by atoms with E-state index in [1.54, 1.807) is 28.0 Å². The molecule has 1 aliphatic rings. The van der Waals surface area contributed by atoms with Gasteiger partial charge in [-0.05, 0) is 24.3 Å². The summed E-state index contributed by atoms with van der Waals surface area (Å²) in [5.74, 6) is 0.736. The number of ether oxygens (including phenoxy) is 1. The molecule has 1 fully saturated rings. The van der Waals surface area contributed by atoms with Crippen LogP contribution in [0.4, 0.5) is 10.5 Å². The summed E-state index contributed by atoms with van der Waals surface area (Å²) >= 11 is 0. The van der Waals surface area contributed by atoms with Crippen LogP contribution in [0.5, 0.6) is 0 Å². The summed E-state index contributed by atoms with van der Waals surface area (Å²) in [5.41, 5.74) is 3.26. The molecule has 0 unspecified atom stereocenters. The Bertz CT molecular complexity index is 1120. The monoisotopic (exact) mass is 346 g/mol. The molecule has 0 N–H and O–H groups in total. The number of anilines is 1. The van der Waals surface area contributed by atoms with E-state index in [9.17, 15) is 4.79 Å². The molecule has 0 saturated carbocycles. The molecule has 5 rings (SSSR count). The third-order valence-electron chi connectivity index (χ3n) is 4.34. The molecule has 1 aliphatic heterocycles. The molecule has 1 amide bonds. The maximum atomic E-state index is 11.8. The number of hydrogen-bond donors (Lipinski definition) is 0. The van der Waals surface area contributed by atoms with Crippen molar-refractivity contribution in [3.63, 3.8) is 0 Å². The molecular formula is C18H14N6O2. The summed E-state index contributed by atoms with van der Waals surface area (Å²) in [6, 6.07) is 9.54. The van der Waals surface area contributed by atoms with E-state index < -0.39 is 0 Å². The highest BCUT2D eigenvalue weighted by Gasteiger charge is 2.24. The summed E-state index contributed by atoms with van der Waals surface area (Å²) in [4.78, 5) is 22.4. The van der Waals surface area contributed by atoms with E-state index >= 15 is 0 Å². The fourth-order valence-corrected chi connectivity index (χ4v) is 3.13. The van der Waals surface area contributed by atoms with Crippen molar-refractivity contribution in [3.05, 3.63) is 61.3 Å². The van der Waals surface area contributed by atoms with E-state index in [0.717, 1.165) is 28.4 Å². The van der Waals surface area contributed by atoms with E-state index in [1.807, 2.05) is 47.3 Å². The number of benzene rings is 1. The fourth-order valence-electron chi connectivity index (χ4n) is 3.13. The van der Waals surface area contributed by atoms with Crippen molar-refractivity contribution in [3.8, 4) is 17.1 Å². The molecule has 0 bridgehead atoms. The minimum Gasteiger partial charge on any atom is -0.447 e. The molecule has 0 radical (unpaired) electrons. The number of imidazole rings is 1. The molecule has 128 valence electrons. The second-order valence-corrected chi connectivity index (χ2v) is 5.85. The Morgan fingerprint density at radius 2 is 1.96 bits per heavy atom. The number of amides is 1. The van der Waals surface area contributed by atoms with E-state index in [0.29, 0.717) is 13.2 Å². The van der Waals surface area contributed by atoms with Gasteiger partial charge in [-0.15, -0.1) is 0 Å². The van der Waals surface area contributed by atoms with Gasteiger partial charge in [0.05, 0.1) is 18.3 Å². The van der Waals surface area contributed by atoms with Gasteiger partial charge in [-0.3, -0.25) is 9.47 Å². The van der Waals surface area contributed by atoms with Crippen LogP contribution in [0.25, 0.3) is 22.7 Å². The summed E-state index contributed by atoms with van der Waals surface area (Å²) in [6.45, 7) is 0.963. The van der Waals surface area contributed by atoms with Gasteiger partial charge in [0.2, 0.25) is 0 Å². The van der Waals surface area contributed by atoms with E-state index in [4.69, 9.17) is 4.74 Å². The van der Waals surface area contributed by atoms with Gasteiger partial charge in [0.25, 0.3) is 0 Å². The highest BCUT2D eigenvalue weighted by Crippen LogP contribution is 2.27. The number of cyclic esters (lactones) is 1. The van der Waals surface area contributed by atoms with E-state index in [1.165, 1.54) is 0 Å².